The Morgan fingerprint density at radius 2 is 1.79 bits per heavy atom. The predicted molar refractivity (Wildman–Crippen MR) is 98.1 cm³/mol. The lowest BCUT2D eigenvalue weighted by molar-refractivity contribution is -0.161. The van der Waals surface area contributed by atoms with Gasteiger partial charge >= 0.3 is 5.97 Å². The first-order chi connectivity index (χ1) is 13.4. The molecule has 0 bridgehead atoms. The monoisotopic (exact) mass is 389 g/mol. The molecule has 28 heavy (non-hydrogen) atoms. The number of esters is 1. The standard InChI is InChI=1S/C21H24FNO5/c1-2-28-20(27)21(22,18(25)14-9-5-3-6-10-14)16-13-17(24)23(19(16)26)15-11-7-4-8-12-15/h3,5-6,9-10,15-16H,2,4,7-8,11-13H2,1H3/t16-,21+/m0/s1. The van der Waals surface area contributed by atoms with Crippen LogP contribution < -0.4 is 0 Å². The number of imide groups is 1. The van der Waals surface area contributed by atoms with Crippen molar-refractivity contribution in [3.8, 4) is 0 Å². The fourth-order valence-corrected chi connectivity index (χ4v) is 4.11. The van der Waals surface area contributed by atoms with E-state index in [1.54, 1.807) is 6.07 Å². The third-order valence-corrected chi connectivity index (χ3v) is 5.54. The van der Waals surface area contributed by atoms with E-state index in [1.165, 1.54) is 31.2 Å². The number of likely N-dealkylation sites (tertiary alicyclic amines) is 1. The van der Waals surface area contributed by atoms with E-state index in [0.29, 0.717) is 12.8 Å². The molecule has 2 fully saturated rings. The normalized spacial score (nSPS) is 22.8. The Hall–Kier alpha value is -2.57. The molecule has 2 aliphatic rings. The van der Waals surface area contributed by atoms with Crippen molar-refractivity contribution in [2.45, 2.75) is 57.2 Å². The van der Waals surface area contributed by atoms with Crippen LogP contribution in [0.25, 0.3) is 0 Å². The molecule has 150 valence electrons. The Labute approximate surface area is 163 Å². The second kappa shape index (κ2) is 8.20. The van der Waals surface area contributed by atoms with E-state index in [9.17, 15) is 19.2 Å². The van der Waals surface area contributed by atoms with Crippen LogP contribution in [0.3, 0.4) is 0 Å². The summed E-state index contributed by atoms with van der Waals surface area (Å²) in [5, 5.41) is 0. The molecule has 1 saturated carbocycles. The predicted octanol–water partition coefficient (Wildman–Crippen LogP) is 2.85. The maximum absolute atomic E-state index is 16.1. The number of rotatable bonds is 6. The van der Waals surface area contributed by atoms with Crippen LogP contribution in [0.15, 0.2) is 30.3 Å². The number of ether oxygens (including phenoxy) is 1. The van der Waals surface area contributed by atoms with E-state index >= 15 is 4.39 Å². The molecule has 1 aliphatic carbocycles. The van der Waals surface area contributed by atoms with Crippen LogP contribution in [-0.2, 0) is 19.1 Å². The molecule has 3 rings (SSSR count). The molecule has 1 aromatic carbocycles. The number of benzene rings is 1. The van der Waals surface area contributed by atoms with Gasteiger partial charge in [-0.3, -0.25) is 19.3 Å². The van der Waals surface area contributed by atoms with Gasteiger partial charge in [0.05, 0.1) is 6.61 Å². The van der Waals surface area contributed by atoms with Crippen LogP contribution in [0.5, 0.6) is 0 Å². The summed E-state index contributed by atoms with van der Waals surface area (Å²) in [4.78, 5) is 52.1. The molecule has 1 heterocycles. The molecule has 0 radical (unpaired) electrons. The van der Waals surface area contributed by atoms with Crippen molar-refractivity contribution in [1.82, 2.24) is 4.90 Å². The van der Waals surface area contributed by atoms with Gasteiger partial charge in [0, 0.05) is 18.0 Å². The van der Waals surface area contributed by atoms with E-state index < -0.39 is 41.6 Å². The summed E-state index contributed by atoms with van der Waals surface area (Å²) in [5.41, 5.74) is -3.28. The fraction of sp³-hybridized carbons (Fsp3) is 0.524. The molecule has 0 aromatic heterocycles. The summed E-state index contributed by atoms with van der Waals surface area (Å²) in [7, 11) is 0. The molecule has 0 N–H and O–H groups in total. The summed E-state index contributed by atoms with van der Waals surface area (Å²) in [6.07, 6.45) is 3.61. The molecular weight excluding hydrogens is 365 g/mol. The molecular formula is C21H24FNO5. The molecule has 0 unspecified atom stereocenters. The lowest BCUT2D eigenvalue weighted by atomic mass is 9.81. The van der Waals surface area contributed by atoms with E-state index in [4.69, 9.17) is 4.74 Å². The van der Waals surface area contributed by atoms with Crippen LogP contribution in [0.2, 0.25) is 0 Å². The van der Waals surface area contributed by atoms with Crippen molar-refractivity contribution in [2.24, 2.45) is 5.92 Å². The molecule has 1 aliphatic heterocycles. The molecule has 7 heteroatoms. The quantitative estimate of drug-likeness (QED) is 0.323. The number of hydrogen-bond donors (Lipinski definition) is 0. The average molecular weight is 389 g/mol. The van der Waals surface area contributed by atoms with Gasteiger partial charge in [0.2, 0.25) is 17.6 Å². The third kappa shape index (κ3) is 3.45. The number of alkyl halides is 1. The number of halogens is 1. The summed E-state index contributed by atoms with van der Waals surface area (Å²) in [5.74, 6) is -5.59. The van der Waals surface area contributed by atoms with Crippen LogP contribution in [0.1, 0.15) is 55.8 Å². The molecule has 1 saturated heterocycles. The minimum atomic E-state index is -3.23. The Bertz CT molecular complexity index is 774. The zero-order valence-corrected chi connectivity index (χ0v) is 15.9. The first kappa shape index (κ1) is 20.2. The topological polar surface area (TPSA) is 80.8 Å². The Morgan fingerprint density at radius 1 is 1.14 bits per heavy atom. The fourth-order valence-electron chi connectivity index (χ4n) is 4.11. The van der Waals surface area contributed by atoms with Gasteiger partial charge in [-0.1, -0.05) is 49.6 Å². The molecule has 2 amide bonds. The van der Waals surface area contributed by atoms with E-state index in [0.717, 1.165) is 24.2 Å². The minimum Gasteiger partial charge on any atom is -0.463 e. The zero-order chi connectivity index (χ0) is 20.3. The summed E-state index contributed by atoms with van der Waals surface area (Å²) < 4.78 is 20.9. The van der Waals surface area contributed by atoms with Gasteiger partial charge in [0.1, 0.15) is 5.92 Å². The third-order valence-electron chi connectivity index (χ3n) is 5.54. The lowest BCUT2D eigenvalue weighted by Crippen LogP contribution is -2.53. The summed E-state index contributed by atoms with van der Waals surface area (Å²) in [6.45, 7) is 1.34. The van der Waals surface area contributed by atoms with Gasteiger partial charge in [0.15, 0.2) is 0 Å². The van der Waals surface area contributed by atoms with Crippen LogP contribution in [-0.4, -0.2) is 46.8 Å². The maximum Gasteiger partial charge on any atom is 0.353 e. The van der Waals surface area contributed by atoms with E-state index in [2.05, 4.69) is 0 Å². The Morgan fingerprint density at radius 3 is 2.39 bits per heavy atom. The van der Waals surface area contributed by atoms with E-state index in [1.807, 2.05) is 0 Å². The highest BCUT2D eigenvalue weighted by atomic mass is 19.1. The van der Waals surface area contributed by atoms with Crippen LogP contribution >= 0.6 is 0 Å². The highest BCUT2D eigenvalue weighted by Gasteiger charge is 2.62. The number of amides is 2. The maximum atomic E-state index is 16.1. The van der Waals surface area contributed by atoms with Crippen molar-refractivity contribution in [1.29, 1.82) is 0 Å². The van der Waals surface area contributed by atoms with Crippen LogP contribution in [0.4, 0.5) is 4.39 Å². The largest absolute Gasteiger partial charge is 0.463 e. The van der Waals surface area contributed by atoms with Gasteiger partial charge in [-0.25, -0.2) is 9.18 Å². The van der Waals surface area contributed by atoms with Gasteiger partial charge < -0.3 is 4.74 Å². The molecule has 6 nitrogen and oxygen atoms in total. The van der Waals surface area contributed by atoms with Crippen molar-refractivity contribution in [3.63, 3.8) is 0 Å². The van der Waals surface area contributed by atoms with Crippen molar-refractivity contribution in [3.05, 3.63) is 35.9 Å². The van der Waals surface area contributed by atoms with Crippen molar-refractivity contribution >= 4 is 23.6 Å². The van der Waals surface area contributed by atoms with Gasteiger partial charge in [0.25, 0.3) is 5.67 Å². The molecule has 0 spiro atoms. The smallest absolute Gasteiger partial charge is 0.353 e. The van der Waals surface area contributed by atoms with Crippen LogP contribution in [0, 0.1) is 5.92 Å². The summed E-state index contributed by atoms with van der Waals surface area (Å²) >= 11 is 0. The number of nitrogens with zero attached hydrogens (tertiary/aromatic N) is 1. The van der Waals surface area contributed by atoms with Gasteiger partial charge in [-0.05, 0) is 19.8 Å². The SMILES string of the molecule is CCOC(=O)[C@](F)(C(=O)c1ccccc1)[C@H]1CC(=O)N(C2CCCCC2)C1=O. The number of hydrogen-bond acceptors (Lipinski definition) is 5. The number of carbonyl (C=O) groups is 4. The average Bonchev–Trinajstić information content (AvgIpc) is 3.02. The molecule has 2 atom stereocenters. The minimum absolute atomic E-state index is 0.0468. The highest BCUT2D eigenvalue weighted by Crippen LogP contribution is 2.39. The second-order valence-electron chi connectivity index (χ2n) is 7.28. The van der Waals surface area contributed by atoms with Crippen molar-refractivity contribution < 1.29 is 28.3 Å². The van der Waals surface area contributed by atoms with E-state index in [-0.39, 0.29) is 18.2 Å². The second-order valence-corrected chi connectivity index (χ2v) is 7.28. The first-order valence-electron chi connectivity index (χ1n) is 9.73. The lowest BCUT2D eigenvalue weighted by Gasteiger charge is -2.31. The molecule has 1 aromatic rings. The number of ketones is 1. The Balaban J connectivity index is 1.96. The Kier molecular flexibility index (Phi) is 5.91. The highest BCUT2D eigenvalue weighted by molar-refractivity contribution is 6.20. The number of Topliss-reactive ketones (excluding diaryl/α,β-unsaturated/α-hetero) is 1. The van der Waals surface area contributed by atoms with Crippen molar-refractivity contribution in [2.75, 3.05) is 6.61 Å². The van der Waals surface area contributed by atoms with Gasteiger partial charge in [-0.2, -0.15) is 0 Å². The zero-order valence-electron chi connectivity index (χ0n) is 15.9. The van der Waals surface area contributed by atoms with Gasteiger partial charge in [-0.15, -0.1) is 0 Å². The summed E-state index contributed by atoms with van der Waals surface area (Å²) in [6, 6.07) is 7.17. The first-order valence-corrected chi connectivity index (χ1v) is 9.73. The number of carbonyl (C=O) groups excluding carboxylic acids is 4.